The van der Waals surface area contributed by atoms with Crippen LogP contribution in [0.2, 0.25) is 0 Å². The average molecular weight is 472 g/mol. The monoisotopic (exact) mass is 471 g/mol. The highest BCUT2D eigenvalue weighted by molar-refractivity contribution is 7.80. The highest BCUT2D eigenvalue weighted by Gasteiger charge is 2.29. The molecule has 1 amide bonds. The molecule has 0 saturated heterocycles. The van der Waals surface area contributed by atoms with E-state index in [0.717, 1.165) is 36.3 Å². The summed E-state index contributed by atoms with van der Waals surface area (Å²) in [7, 11) is 0. The summed E-state index contributed by atoms with van der Waals surface area (Å²) in [6.45, 7) is 2.84. The summed E-state index contributed by atoms with van der Waals surface area (Å²) in [6, 6.07) is 14.3. The summed E-state index contributed by atoms with van der Waals surface area (Å²) in [4.78, 5) is 12.5. The SMILES string of the molecule is CC(CCC(=O)NCCCCCCCCCCCS)(c1ccc(O)cc1)c1ccc(O)cc1. The third kappa shape index (κ3) is 9.71. The van der Waals surface area contributed by atoms with Crippen molar-refractivity contribution in [3.05, 3.63) is 59.7 Å². The Bertz CT molecular complexity index is 759. The minimum absolute atomic E-state index is 0.0722. The average Bonchev–Trinajstić information content (AvgIpc) is 2.82. The summed E-state index contributed by atoms with van der Waals surface area (Å²) >= 11 is 4.25. The zero-order valence-electron chi connectivity index (χ0n) is 20.1. The minimum Gasteiger partial charge on any atom is -0.508 e. The van der Waals surface area contributed by atoms with Crippen molar-refractivity contribution in [1.29, 1.82) is 0 Å². The van der Waals surface area contributed by atoms with Crippen LogP contribution in [-0.4, -0.2) is 28.4 Å². The van der Waals surface area contributed by atoms with E-state index >= 15 is 0 Å². The molecular weight excluding hydrogens is 430 g/mol. The molecule has 2 aromatic carbocycles. The molecule has 0 heterocycles. The molecule has 2 rings (SSSR count). The Hall–Kier alpha value is -2.14. The van der Waals surface area contributed by atoms with Gasteiger partial charge in [0, 0.05) is 18.4 Å². The van der Waals surface area contributed by atoms with Gasteiger partial charge in [-0.1, -0.05) is 76.1 Å². The standard InChI is InChI=1S/C28H41NO3S/c1-28(23-11-15-25(30)16-12-23,24-13-17-26(31)18-14-24)20-19-27(32)29-21-9-7-5-3-2-4-6-8-10-22-33/h11-18,30-31,33H,2-10,19-22H2,1H3,(H,29,32). The number of aromatic hydroxyl groups is 2. The van der Waals surface area contributed by atoms with Gasteiger partial charge in [-0.25, -0.2) is 0 Å². The first-order valence-corrected chi connectivity index (χ1v) is 13.1. The van der Waals surface area contributed by atoms with Gasteiger partial charge in [0.15, 0.2) is 0 Å². The van der Waals surface area contributed by atoms with Crippen LogP contribution in [0.4, 0.5) is 0 Å². The molecule has 5 heteroatoms. The van der Waals surface area contributed by atoms with Crippen LogP contribution in [0.3, 0.4) is 0 Å². The number of nitrogens with one attached hydrogen (secondary N) is 1. The molecule has 0 saturated carbocycles. The number of hydrogen-bond acceptors (Lipinski definition) is 4. The normalized spacial score (nSPS) is 11.5. The molecule has 0 atom stereocenters. The van der Waals surface area contributed by atoms with Gasteiger partial charge in [-0.3, -0.25) is 4.79 Å². The van der Waals surface area contributed by atoms with Crippen LogP contribution in [0.5, 0.6) is 11.5 Å². The Morgan fingerprint density at radius 1 is 0.758 bits per heavy atom. The van der Waals surface area contributed by atoms with Crippen molar-refractivity contribution in [3.8, 4) is 11.5 Å². The molecule has 3 N–H and O–H groups in total. The molecule has 0 spiro atoms. The van der Waals surface area contributed by atoms with Crippen molar-refractivity contribution in [2.24, 2.45) is 0 Å². The summed E-state index contributed by atoms with van der Waals surface area (Å²) in [5, 5.41) is 22.4. The first-order valence-electron chi connectivity index (χ1n) is 12.4. The van der Waals surface area contributed by atoms with E-state index in [9.17, 15) is 15.0 Å². The Kier molecular flexibility index (Phi) is 12.2. The quantitative estimate of drug-likeness (QED) is 0.162. The van der Waals surface area contributed by atoms with E-state index in [1.165, 1.54) is 44.9 Å². The zero-order chi connectivity index (χ0) is 23.9. The maximum atomic E-state index is 12.5. The van der Waals surface area contributed by atoms with Crippen molar-refractivity contribution in [2.75, 3.05) is 12.3 Å². The van der Waals surface area contributed by atoms with E-state index < -0.39 is 5.41 Å². The van der Waals surface area contributed by atoms with Crippen molar-refractivity contribution >= 4 is 18.5 Å². The minimum atomic E-state index is -0.397. The zero-order valence-corrected chi connectivity index (χ0v) is 21.0. The maximum Gasteiger partial charge on any atom is 0.220 e. The fraction of sp³-hybridized carbons (Fsp3) is 0.536. The maximum absolute atomic E-state index is 12.5. The van der Waals surface area contributed by atoms with Gasteiger partial charge in [-0.2, -0.15) is 12.6 Å². The van der Waals surface area contributed by atoms with Crippen molar-refractivity contribution in [1.82, 2.24) is 5.32 Å². The van der Waals surface area contributed by atoms with Gasteiger partial charge in [0.2, 0.25) is 5.91 Å². The van der Waals surface area contributed by atoms with E-state index in [1.807, 2.05) is 24.3 Å². The third-order valence-electron chi connectivity index (χ3n) is 6.52. The number of unbranched alkanes of at least 4 members (excludes halogenated alkanes) is 8. The third-order valence-corrected chi connectivity index (χ3v) is 6.83. The number of rotatable bonds is 16. The van der Waals surface area contributed by atoms with Gasteiger partial charge >= 0.3 is 0 Å². The smallest absolute Gasteiger partial charge is 0.220 e. The lowest BCUT2D eigenvalue weighted by Crippen LogP contribution is -2.29. The molecule has 0 aliphatic rings. The molecule has 0 aromatic heterocycles. The van der Waals surface area contributed by atoms with E-state index in [-0.39, 0.29) is 17.4 Å². The van der Waals surface area contributed by atoms with Gasteiger partial charge in [-0.15, -0.1) is 0 Å². The number of hydrogen-bond donors (Lipinski definition) is 4. The Morgan fingerprint density at radius 2 is 1.18 bits per heavy atom. The van der Waals surface area contributed by atoms with E-state index in [4.69, 9.17) is 0 Å². The molecule has 4 nitrogen and oxygen atoms in total. The van der Waals surface area contributed by atoms with Crippen LogP contribution in [0, 0.1) is 0 Å². The lowest BCUT2D eigenvalue weighted by Gasteiger charge is -2.31. The first-order chi connectivity index (χ1) is 16.0. The number of thiol groups is 1. The number of carbonyl (C=O) groups excluding carboxylic acids is 1. The first kappa shape index (κ1) is 27.1. The van der Waals surface area contributed by atoms with Crippen LogP contribution >= 0.6 is 12.6 Å². The summed E-state index contributed by atoms with van der Waals surface area (Å²) in [5.74, 6) is 1.51. The van der Waals surface area contributed by atoms with Gasteiger partial charge in [0.05, 0.1) is 0 Å². The molecule has 2 aromatic rings. The van der Waals surface area contributed by atoms with E-state index in [2.05, 4.69) is 24.9 Å². The van der Waals surface area contributed by atoms with Crippen molar-refractivity contribution in [3.63, 3.8) is 0 Å². The van der Waals surface area contributed by atoms with Gasteiger partial charge in [0.25, 0.3) is 0 Å². The second kappa shape index (κ2) is 14.9. The van der Waals surface area contributed by atoms with Crippen molar-refractivity contribution < 1.29 is 15.0 Å². The Morgan fingerprint density at radius 3 is 1.64 bits per heavy atom. The van der Waals surface area contributed by atoms with Crippen molar-refractivity contribution in [2.45, 2.75) is 83.0 Å². The molecule has 0 radical (unpaired) electrons. The number of phenolic OH excluding ortho intramolecular Hbond substituents is 2. The highest BCUT2D eigenvalue weighted by Crippen LogP contribution is 2.37. The number of phenols is 2. The predicted molar refractivity (Wildman–Crippen MR) is 140 cm³/mol. The fourth-order valence-electron chi connectivity index (χ4n) is 4.27. The molecule has 0 unspecified atom stereocenters. The predicted octanol–water partition coefficient (Wildman–Crippen LogP) is 6.74. The van der Waals surface area contributed by atoms with E-state index in [0.29, 0.717) is 12.8 Å². The Balaban J connectivity index is 1.75. The number of benzene rings is 2. The van der Waals surface area contributed by atoms with Crippen LogP contribution in [0.1, 0.15) is 88.7 Å². The molecule has 0 aliphatic heterocycles. The van der Waals surface area contributed by atoms with Crippen LogP contribution in [-0.2, 0) is 10.2 Å². The Labute approximate surface area is 205 Å². The number of amides is 1. The van der Waals surface area contributed by atoms with E-state index in [1.54, 1.807) is 24.3 Å². The summed E-state index contributed by atoms with van der Waals surface area (Å²) in [6.07, 6.45) is 12.3. The molecule has 0 fully saturated rings. The lowest BCUT2D eigenvalue weighted by atomic mass is 9.73. The number of carbonyl (C=O) groups is 1. The topological polar surface area (TPSA) is 69.6 Å². The van der Waals surface area contributed by atoms with Crippen LogP contribution < -0.4 is 5.32 Å². The lowest BCUT2D eigenvalue weighted by molar-refractivity contribution is -0.121. The van der Waals surface area contributed by atoms with Gasteiger partial charge < -0.3 is 15.5 Å². The molecular formula is C28H41NO3S. The second-order valence-corrected chi connectivity index (χ2v) is 9.63. The van der Waals surface area contributed by atoms with Gasteiger partial charge in [0.1, 0.15) is 11.5 Å². The van der Waals surface area contributed by atoms with Crippen LogP contribution in [0.15, 0.2) is 48.5 Å². The fourth-order valence-corrected chi connectivity index (χ4v) is 4.49. The molecule has 0 aliphatic carbocycles. The summed E-state index contributed by atoms with van der Waals surface area (Å²) in [5.41, 5.74) is 1.67. The largest absolute Gasteiger partial charge is 0.508 e. The van der Waals surface area contributed by atoms with Gasteiger partial charge in [-0.05, 0) is 60.4 Å². The second-order valence-electron chi connectivity index (χ2n) is 9.18. The summed E-state index contributed by atoms with van der Waals surface area (Å²) < 4.78 is 0. The van der Waals surface area contributed by atoms with Crippen LogP contribution in [0.25, 0.3) is 0 Å². The highest BCUT2D eigenvalue weighted by atomic mass is 32.1. The molecule has 0 bridgehead atoms. The molecule has 182 valence electrons. The molecule has 33 heavy (non-hydrogen) atoms.